The van der Waals surface area contributed by atoms with E-state index in [9.17, 15) is 8.42 Å². The van der Waals surface area contributed by atoms with Gasteiger partial charge in [0.25, 0.3) is 10.0 Å². The SMILES string of the molecule is CC(C)=CC(C)(C)C=NNS(=O)(=O)C1C=CC(C)=CC1. The van der Waals surface area contributed by atoms with Crippen molar-refractivity contribution >= 4 is 16.2 Å². The predicted molar refractivity (Wildman–Crippen MR) is 85.1 cm³/mol. The average molecular weight is 296 g/mol. The minimum Gasteiger partial charge on any atom is -0.205 e. The Labute approximate surface area is 122 Å². The summed E-state index contributed by atoms with van der Waals surface area (Å²) in [5.74, 6) is 0. The van der Waals surface area contributed by atoms with Gasteiger partial charge in [-0.15, -0.1) is 0 Å². The molecule has 0 aromatic heterocycles. The largest absolute Gasteiger partial charge is 0.254 e. The Bertz CT molecular complexity index is 563. The van der Waals surface area contributed by atoms with Gasteiger partial charge in [-0.2, -0.15) is 5.10 Å². The van der Waals surface area contributed by atoms with Crippen molar-refractivity contribution in [3.8, 4) is 0 Å². The van der Waals surface area contributed by atoms with E-state index < -0.39 is 15.3 Å². The lowest BCUT2D eigenvalue weighted by molar-refractivity contribution is 0.575. The second-order valence-corrected chi connectivity index (χ2v) is 7.90. The molecule has 1 atom stereocenters. The third-order valence-electron chi connectivity index (χ3n) is 2.88. The maximum Gasteiger partial charge on any atom is 0.254 e. The van der Waals surface area contributed by atoms with Crippen molar-refractivity contribution in [3.05, 3.63) is 35.5 Å². The lowest BCUT2D eigenvalue weighted by Crippen LogP contribution is -2.31. The number of allylic oxidation sites excluding steroid dienone is 5. The number of nitrogens with zero attached hydrogens (tertiary/aromatic N) is 1. The van der Waals surface area contributed by atoms with Gasteiger partial charge >= 0.3 is 0 Å². The molecule has 1 N–H and O–H groups in total. The lowest BCUT2D eigenvalue weighted by Gasteiger charge is -2.17. The zero-order valence-corrected chi connectivity index (χ0v) is 13.7. The molecule has 0 fully saturated rings. The molecule has 4 nitrogen and oxygen atoms in total. The van der Waals surface area contributed by atoms with Gasteiger partial charge in [-0.1, -0.05) is 49.3 Å². The Kier molecular flexibility index (Phi) is 5.34. The van der Waals surface area contributed by atoms with Gasteiger partial charge < -0.3 is 0 Å². The molecule has 1 aliphatic rings. The van der Waals surface area contributed by atoms with Crippen LogP contribution in [0.4, 0.5) is 0 Å². The van der Waals surface area contributed by atoms with E-state index in [1.807, 2.05) is 52.8 Å². The van der Waals surface area contributed by atoms with Crippen LogP contribution < -0.4 is 4.83 Å². The van der Waals surface area contributed by atoms with Gasteiger partial charge in [0.05, 0.1) is 0 Å². The predicted octanol–water partition coefficient (Wildman–Crippen LogP) is 3.16. The first-order valence-electron chi connectivity index (χ1n) is 6.68. The summed E-state index contributed by atoms with van der Waals surface area (Å²) < 4.78 is 24.2. The highest BCUT2D eigenvalue weighted by molar-refractivity contribution is 7.90. The van der Waals surface area contributed by atoms with Crippen molar-refractivity contribution in [2.24, 2.45) is 10.5 Å². The zero-order chi connectivity index (χ0) is 15.4. The van der Waals surface area contributed by atoms with Crippen molar-refractivity contribution in [2.75, 3.05) is 0 Å². The van der Waals surface area contributed by atoms with Gasteiger partial charge in [0.1, 0.15) is 5.25 Å². The quantitative estimate of drug-likeness (QED) is 0.481. The van der Waals surface area contributed by atoms with Crippen LogP contribution in [-0.4, -0.2) is 19.9 Å². The van der Waals surface area contributed by atoms with E-state index >= 15 is 0 Å². The van der Waals surface area contributed by atoms with Crippen LogP contribution in [0.3, 0.4) is 0 Å². The van der Waals surface area contributed by atoms with Crippen molar-refractivity contribution in [1.29, 1.82) is 0 Å². The fourth-order valence-electron chi connectivity index (χ4n) is 2.05. The molecule has 0 saturated carbocycles. The van der Waals surface area contributed by atoms with E-state index in [0.29, 0.717) is 6.42 Å². The maximum atomic E-state index is 12.1. The summed E-state index contributed by atoms with van der Waals surface area (Å²) in [4.78, 5) is 2.30. The van der Waals surface area contributed by atoms with Crippen molar-refractivity contribution in [2.45, 2.75) is 46.3 Å². The Morgan fingerprint density at radius 2 is 2.10 bits per heavy atom. The summed E-state index contributed by atoms with van der Waals surface area (Å²) in [5.41, 5.74) is 1.98. The molecule has 0 heterocycles. The standard InChI is InChI=1S/C15H24N2O2S/c1-12(2)10-15(4,5)11-16-17-20(18,19)14-8-6-13(3)7-9-14/h6-8,10-11,14,17H,9H2,1-5H3. The molecule has 0 aromatic rings. The van der Waals surface area contributed by atoms with Gasteiger partial charge in [-0.25, -0.2) is 13.2 Å². The average Bonchev–Trinajstić information content (AvgIpc) is 2.26. The Morgan fingerprint density at radius 1 is 1.45 bits per heavy atom. The molecule has 0 saturated heterocycles. The summed E-state index contributed by atoms with van der Waals surface area (Å²) in [6, 6.07) is 0. The van der Waals surface area contributed by atoms with Crippen LogP contribution in [0, 0.1) is 5.41 Å². The topological polar surface area (TPSA) is 58.5 Å². The molecule has 1 aliphatic carbocycles. The molecule has 0 aliphatic heterocycles. The fraction of sp³-hybridized carbons (Fsp3) is 0.533. The minimum atomic E-state index is -3.46. The summed E-state index contributed by atoms with van der Waals surface area (Å²) in [5, 5.41) is 3.35. The van der Waals surface area contributed by atoms with Crippen molar-refractivity contribution < 1.29 is 8.42 Å². The summed E-state index contributed by atoms with van der Waals surface area (Å²) in [7, 11) is -3.46. The van der Waals surface area contributed by atoms with E-state index in [-0.39, 0.29) is 5.41 Å². The van der Waals surface area contributed by atoms with Gasteiger partial charge in [0.15, 0.2) is 0 Å². The van der Waals surface area contributed by atoms with E-state index in [2.05, 4.69) is 9.93 Å². The normalized spacial score (nSPS) is 19.9. The molecule has 20 heavy (non-hydrogen) atoms. The van der Waals surface area contributed by atoms with Gasteiger partial charge in [-0.3, -0.25) is 0 Å². The Morgan fingerprint density at radius 3 is 2.60 bits per heavy atom. The summed E-state index contributed by atoms with van der Waals surface area (Å²) in [6.07, 6.45) is 9.59. The molecule has 112 valence electrons. The third-order valence-corrected chi connectivity index (χ3v) is 4.39. The molecule has 1 unspecified atom stereocenters. The highest BCUT2D eigenvalue weighted by Gasteiger charge is 2.23. The molecule has 0 amide bonds. The van der Waals surface area contributed by atoms with Gasteiger partial charge in [-0.05, 0) is 27.2 Å². The van der Waals surface area contributed by atoms with Crippen LogP contribution in [0.15, 0.2) is 40.6 Å². The molecule has 0 spiro atoms. The molecule has 0 bridgehead atoms. The van der Waals surface area contributed by atoms with Crippen LogP contribution in [-0.2, 0) is 10.0 Å². The number of rotatable bonds is 5. The van der Waals surface area contributed by atoms with Crippen LogP contribution in [0.25, 0.3) is 0 Å². The monoisotopic (exact) mass is 296 g/mol. The molecule has 5 heteroatoms. The van der Waals surface area contributed by atoms with Gasteiger partial charge in [0, 0.05) is 11.6 Å². The first-order chi connectivity index (χ1) is 9.12. The second kappa shape index (κ2) is 6.39. The first-order valence-corrected chi connectivity index (χ1v) is 8.23. The highest BCUT2D eigenvalue weighted by Crippen LogP contribution is 2.17. The van der Waals surface area contributed by atoms with Crippen molar-refractivity contribution in [1.82, 2.24) is 4.83 Å². The second-order valence-electron chi connectivity index (χ2n) is 6.02. The summed E-state index contributed by atoms with van der Waals surface area (Å²) >= 11 is 0. The number of nitrogens with one attached hydrogen (secondary N) is 1. The van der Waals surface area contributed by atoms with Crippen molar-refractivity contribution in [3.63, 3.8) is 0 Å². The molecule has 0 aromatic carbocycles. The Hall–Kier alpha value is -1.36. The molecular formula is C15H24N2O2S. The molecule has 0 radical (unpaired) electrons. The van der Waals surface area contributed by atoms with Gasteiger partial charge in [0.2, 0.25) is 0 Å². The van der Waals surface area contributed by atoms with E-state index in [1.54, 1.807) is 12.3 Å². The third kappa shape index (κ3) is 5.33. The van der Waals surface area contributed by atoms with E-state index in [4.69, 9.17) is 0 Å². The number of hydrogen-bond acceptors (Lipinski definition) is 3. The first kappa shape index (κ1) is 16.7. The number of hydrogen-bond donors (Lipinski definition) is 1. The highest BCUT2D eigenvalue weighted by atomic mass is 32.2. The molecule has 1 rings (SSSR count). The van der Waals surface area contributed by atoms with E-state index in [1.165, 1.54) is 5.57 Å². The Balaban J connectivity index is 2.70. The maximum absolute atomic E-state index is 12.1. The number of hydrazone groups is 1. The summed E-state index contributed by atoms with van der Waals surface area (Å²) in [6.45, 7) is 9.91. The fourth-order valence-corrected chi connectivity index (χ4v) is 3.02. The lowest BCUT2D eigenvalue weighted by atomic mass is 9.93. The minimum absolute atomic E-state index is 0.278. The van der Waals surface area contributed by atoms with Crippen LogP contribution in [0.1, 0.15) is 41.0 Å². The van der Waals surface area contributed by atoms with E-state index in [0.717, 1.165) is 5.57 Å². The van der Waals surface area contributed by atoms with Crippen LogP contribution >= 0.6 is 0 Å². The van der Waals surface area contributed by atoms with Crippen LogP contribution in [0.5, 0.6) is 0 Å². The zero-order valence-electron chi connectivity index (χ0n) is 12.8. The smallest absolute Gasteiger partial charge is 0.205 e. The number of sulfonamides is 1. The molecular weight excluding hydrogens is 272 g/mol. The van der Waals surface area contributed by atoms with Crippen LogP contribution in [0.2, 0.25) is 0 Å².